The number of nitrogens with one attached hydrogen (secondary N) is 1. The SMILES string of the molecule is COc1cc(C(N)=O)cc(C)c1Nc1ncc2c(n1)N(C1CC3CCC1C3)CC(C)(C)C(=O)N2C. The van der Waals surface area contributed by atoms with E-state index in [1.807, 2.05) is 20.8 Å². The number of aryl methyl sites for hydroxylation is 1. The molecular weight excluding hydrogens is 444 g/mol. The van der Waals surface area contributed by atoms with E-state index in [0.29, 0.717) is 41.5 Å². The van der Waals surface area contributed by atoms with Gasteiger partial charge in [-0.05, 0) is 69.6 Å². The van der Waals surface area contributed by atoms with Gasteiger partial charge < -0.3 is 25.6 Å². The molecule has 2 heterocycles. The highest BCUT2D eigenvalue weighted by molar-refractivity contribution is 6.01. The molecule has 2 bridgehead atoms. The Bertz CT molecular complexity index is 1200. The van der Waals surface area contributed by atoms with Gasteiger partial charge in [-0.2, -0.15) is 4.98 Å². The largest absolute Gasteiger partial charge is 0.495 e. The third kappa shape index (κ3) is 3.96. The molecule has 3 unspecified atom stereocenters. The topological polar surface area (TPSA) is 114 Å². The maximum Gasteiger partial charge on any atom is 0.248 e. The van der Waals surface area contributed by atoms with Gasteiger partial charge in [-0.1, -0.05) is 6.42 Å². The fourth-order valence-electron chi connectivity index (χ4n) is 6.20. The second-order valence-electron chi connectivity index (χ2n) is 10.9. The number of ether oxygens (including phenoxy) is 1. The molecule has 186 valence electrons. The molecule has 2 aliphatic carbocycles. The van der Waals surface area contributed by atoms with Gasteiger partial charge in [-0.15, -0.1) is 0 Å². The first-order valence-electron chi connectivity index (χ1n) is 12.3. The summed E-state index contributed by atoms with van der Waals surface area (Å²) in [5.74, 6) is 2.62. The lowest BCUT2D eigenvalue weighted by Crippen LogP contribution is -2.47. The summed E-state index contributed by atoms with van der Waals surface area (Å²) < 4.78 is 5.53. The molecule has 1 aromatic carbocycles. The molecule has 9 nitrogen and oxygen atoms in total. The van der Waals surface area contributed by atoms with Crippen molar-refractivity contribution in [2.75, 3.05) is 35.8 Å². The van der Waals surface area contributed by atoms with Crippen LogP contribution in [0.2, 0.25) is 0 Å². The van der Waals surface area contributed by atoms with E-state index in [1.54, 1.807) is 37.4 Å². The average Bonchev–Trinajstić information content (AvgIpc) is 3.44. The lowest BCUT2D eigenvalue weighted by atomic mass is 9.88. The fourth-order valence-corrected chi connectivity index (χ4v) is 6.20. The third-order valence-corrected chi connectivity index (χ3v) is 7.97. The molecule has 3 atom stereocenters. The normalized spacial score (nSPS) is 24.8. The van der Waals surface area contributed by atoms with Gasteiger partial charge in [0, 0.05) is 25.2 Å². The molecule has 2 amide bonds. The standard InChI is InChI=1S/C26H34N6O3/c1-14-8-17(22(27)33)11-20(35-5)21(14)29-25-28-12-19-23(30-25)32(13-26(2,3)24(34)31(19)4)18-10-15-6-7-16(18)9-15/h8,11-12,15-16,18H,6-7,9-10,13H2,1-5H3,(H2,27,33)(H,28,29,30). The summed E-state index contributed by atoms with van der Waals surface area (Å²) in [5, 5.41) is 3.29. The summed E-state index contributed by atoms with van der Waals surface area (Å²) in [5.41, 5.74) is 7.48. The number of rotatable bonds is 5. The van der Waals surface area contributed by atoms with E-state index in [9.17, 15) is 9.59 Å². The van der Waals surface area contributed by atoms with Crippen LogP contribution < -0.4 is 25.6 Å². The Hall–Kier alpha value is -3.36. The number of amides is 2. The van der Waals surface area contributed by atoms with Crippen LogP contribution in [-0.2, 0) is 4.79 Å². The molecule has 0 radical (unpaired) electrons. The van der Waals surface area contributed by atoms with Crippen molar-refractivity contribution in [3.8, 4) is 5.75 Å². The number of nitrogens with zero attached hydrogens (tertiary/aromatic N) is 4. The lowest BCUT2D eigenvalue weighted by Gasteiger charge is -2.38. The van der Waals surface area contributed by atoms with Gasteiger partial charge in [-0.3, -0.25) is 9.59 Å². The van der Waals surface area contributed by atoms with Gasteiger partial charge in [0.1, 0.15) is 11.4 Å². The first-order valence-corrected chi connectivity index (χ1v) is 12.3. The minimum absolute atomic E-state index is 0.0632. The van der Waals surface area contributed by atoms with Crippen LogP contribution in [0.5, 0.6) is 5.75 Å². The molecule has 2 aromatic rings. The van der Waals surface area contributed by atoms with Crippen LogP contribution in [0.4, 0.5) is 23.1 Å². The number of carbonyl (C=O) groups excluding carboxylic acids is 2. The Morgan fingerprint density at radius 2 is 2.03 bits per heavy atom. The summed E-state index contributed by atoms with van der Waals surface area (Å²) in [6, 6.07) is 3.70. The monoisotopic (exact) mass is 478 g/mol. The number of primary amides is 1. The molecule has 1 aromatic heterocycles. The summed E-state index contributed by atoms with van der Waals surface area (Å²) in [4.78, 5) is 38.6. The highest BCUT2D eigenvalue weighted by Gasteiger charge is 2.47. The molecule has 35 heavy (non-hydrogen) atoms. The maximum absolute atomic E-state index is 13.3. The molecule has 2 fully saturated rings. The number of aromatic nitrogens is 2. The number of anilines is 4. The zero-order valence-electron chi connectivity index (χ0n) is 21.1. The number of hydrogen-bond donors (Lipinski definition) is 2. The highest BCUT2D eigenvalue weighted by atomic mass is 16.5. The lowest BCUT2D eigenvalue weighted by molar-refractivity contribution is -0.125. The predicted molar refractivity (Wildman–Crippen MR) is 135 cm³/mol. The fraction of sp³-hybridized carbons (Fsp3) is 0.538. The van der Waals surface area contributed by atoms with E-state index in [0.717, 1.165) is 29.4 Å². The third-order valence-electron chi connectivity index (χ3n) is 7.97. The molecule has 2 saturated carbocycles. The van der Waals surface area contributed by atoms with Crippen LogP contribution in [-0.4, -0.2) is 48.5 Å². The first-order chi connectivity index (χ1) is 16.6. The number of methoxy groups -OCH3 is 1. The zero-order valence-corrected chi connectivity index (χ0v) is 21.1. The maximum atomic E-state index is 13.3. The van der Waals surface area contributed by atoms with E-state index in [-0.39, 0.29) is 5.91 Å². The van der Waals surface area contributed by atoms with E-state index < -0.39 is 11.3 Å². The summed E-state index contributed by atoms with van der Waals surface area (Å²) >= 11 is 0. The first kappa shape index (κ1) is 23.4. The molecule has 3 aliphatic rings. The minimum Gasteiger partial charge on any atom is -0.495 e. The van der Waals surface area contributed by atoms with Crippen molar-refractivity contribution in [3.63, 3.8) is 0 Å². The van der Waals surface area contributed by atoms with Crippen molar-refractivity contribution < 1.29 is 14.3 Å². The van der Waals surface area contributed by atoms with Gasteiger partial charge in [-0.25, -0.2) is 4.98 Å². The molecule has 9 heteroatoms. The molecule has 5 rings (SSSR count). The Morgan fingerprint density at radius 1 is 1.26 bits per heavy atom. The van der Waals surface area contributed by atoms with Crippen LogP contribution >= 0.6 is 0 Å². The van der Waals surface area contributed by atoms with Gasteiger partial charge >= 0.3 is 0 Å². The van der Waals surface area contributed by atoms with Crippen molar-refractivity contribution >= 4 is 35.0 Å². The average molecular weight is 479 g/mol. The number of nitrogens with two attached hydrogens (primary N) is 1. The van der Waals surface area contributed by atoms with Crippen LogP contribution in [0.15, 0.2) is 18.3 Å². The van der Waals surface area contributed by atoms with E-state index in [4.69, 9.17) is 15.5 Å². The van der Waals surface area contributed by atoms with E-state index >= 15 is 0 Å². The molecule has 3 N–H and O–H groups in total. The van der Waals surface area contributed by atoms with Crippen molar-refractivity contribution in [2.24, 2.45) is 23.0 Å². The highest BCUT2D eigenvalue weighted by Crippen LogP contribution is 2.50. The van der Waals surface area contributed by atoms with Crippen molar-refractivity contribution in [2.45, 2.75) is 52.5 Å². The number of fused-ring (bicyclic) bond motifs is 3. The summed E-state index contributed by atoms with van der Waals surface area (Å²) in [7, 11) is 3.35. The Labute approximate surface area is 206 Å². The molecular formula is C26H34N6O3. The molecule has 1 aliphatic heterocycles. The second-order valence-corrected chi connectivity index (χ2v) is 10.9. The quantitative estimate of drug-likeness (QED) is 0.674. The van der Waals surface area contributed by atoms with Crippen molar-refractivity contribution in [1.82, 2.24) is 9.97 Å². The van der Waals surface area contributed by atoms with Crippen molar-refractivity contribution in [3.05, 3.63) is 29.5 Å². The van der Waals surface area contributed by atoms with Gasteiger partial charge in [0.15, 0.2) is 5.82 Å². The van der Waals surface area contributed by atoms with Crippen LogP contribution in [0, 0.1) is 24.2 Å². The van der Waals surface area contributed by atoms with Crippen molar-refractivity contribution in [1.29, 1.82) is 0 Å². The van der Waals surface area contributed by atoms with Gasteiger partial charge in [0.25, 0.3) is 0 Å². The Morgan fingerprint density at radius 3 is 2.66 bits per heavy atom. The Balaban J connectivity index is 1.57. The number of carbonyl (C=O) groups is 2. The predicted octanol–water partition coefficient (Wildman–Crippen LogP) is 3.63. The number of hydrogen-bond acceptors (Lipinski definition) is 7. The smallest absolute Gasteiger partial charge is 0.248 e. The molecule has 0 saturated heterocycles. The molecule has 0 spiro atoms. The minimum atomic E-state index is -0.546. The Kier molecular flexibility index (Phi) is 5.61. The summed E-state index contributed by atoms with van der Waals surface area (Å²) in [6.07, 6.45) is 6.68. The second kappa shape index (κ2) is 8.39. The summed E-state index contributed by atoms with van der Waals surface area (Å²) in [6.45, 7) is 6.51. The van der Waals surface area contributed by atoms with Gasteiger partial charge in [0.2, 0.25) is 17.8 Å². The van der Waals surface area contributed by atoms with E-state index in [1.165, 1.54) is 19.3 Å². The van der Waals surface area contributed by atoms with Crippen LogP contribution in [0.1, 0.15) is 55.5 Å². The zero-order chi connectivity index (χ0) is 25.1. The van der Waals surface area contributed by atoms with Crippen LogP contribution in [0.3, 0.4) is 0 Å². The van der Waals surface area contributed by atoms with E-state index in [2.05, 4.69) is 15.2 Å². The van der Waals surface area contributed by atoms with Gasteiger partial charge in [0.05, 0.1) is 24.4 Å². The number of benzene rings is 1. The van der Waals surface area contributed by atoms with Crippen LogP contribution in [0.25, 0.3) is 0 Å².